The first-order chi connectivity index (χ1) is 20.5. The Labute approximate surface area is 252 Å². The molecule has 3 heterocycles. The maximum Gasteiger partial charge on any atom is 0.407 e. The number of epoxide rings is 1. The van der Waals surface area contributed by atoms with Crippen LogP contribution in [0.5, 0.6) is 0 Å². The van der Waals surface area contributed by atoms with Gasteiger partial charge in [-0.15, -0.1) is 0 Å². The minimum Gasteiger partial charge on any atom is -0.459 e. The van der Waals surface area contributed by atoms with Gasteiger partial charge < -0.3 is 34.0 Å². The van der Waals surface area contributed by atoms with Crippen molar-refractivity contribution in [3.05, 3.63) is 34.4 Å². The Kier molecular flexibility index (Phi) is 7.02. The van der Waals surface area contributed by atoms with Crippen LogP contribution in [0.4, 0.5) is 4.79 Å². The topological polar surface area (TPSA) is 131 Å². The van der Waals surface area contributed by atoms with E-state index in [4.69, 9.17) is 18.6 Å². The number of esters is 1. The molecule has 1 aromatic rings. The van der Waals surface area contributed by atoms with E-state index in [1.165, 1.54) is 32.1 Å². The summed E-state index contributed by atoms with van der Waals surface area (Å²) in [5, 5.41) is 15.2. The standard InChI is InChI=1S/C33H46N2O8/c1-20(36)41-27-26(21-6-7-25(37)40-19-21)31(3)12-9-23-24(33(31)28(27)43-33)10-13-32(39)18-22(8-11-30(23,32)2)42-29(38)34-14-17-35-15-4-5-16-35/h6-7,19,22-24,26-28,39H,4-5,8-18H2,1-3H3,(H,34,38)/t22-,23-,24+,26-,27+,28+,30+,31+,32-,33+/m0/s1. The average molecular weight is 599 g/mol. The molecule has 2 N–H and O–H groups in total. The molecule has 0 bridgehead atoms. The molecule has 0 aromatic carbocycles. The van der Waals surface area contributed by atoms with E-state index in [1.807, 2.05) is 0 Å². The lowest BCUT2D eigenvalue weighted by Crippen LogP contribution is -2.65. The fourth-order valence-corrected chi connectivity index (χ4v) is 10.7. The van der Waals surface area contributed by atoms with E-state index in [9.17, 15) is 19.5 Å². The van der Waals surface area contributed by atoms with Crippen molar-refractivity contribution in [1.82, 2.24) is 10.2 Å². The highest BCUT2D eigenvalue weighted by atomic mass is 16.7. The third-order valence-corrected chi connectivity index (χ3v) is 12.8. The summed E-state index contributed by atoms with van der Waals surface area (Å²) < 4.78 is 23.8. The molecule has 7 rings (SSSR count). The Hall–Kier alpha value is -2.43. The molecule has 10 atom stereocenters. The number of carbonyl (C=O) groups excluding carboxylic acids is 2. The van der Waals surface area contributed by atoms with Crippen LogP contribution in [0.15, 0.2) is 27.6 Å². The number of hydrogen-bond acceptors (Lipinski definition) is 9. The Morgan fingerprint density at radius 3 is 2.51 bits per heavy atom. The predicted octanol–water partition coefficient (Wildman–Crippen LogP) is 3.74. The highest BCUT2D eigenvalue weighted by molar-refractivity contribution is 5.67. The molecule has 10 heteroatoms. The van der Waals surface area contributed by atoms with E-state index in [0.717, 1.165) is 57.3 Å². The third-order valence-electron chi connectivity index (χ3n) is 12.8. The Morgan fingerprint density at radius 2 is 1.79 bits per heavy atom. The smallest absolute Gasteiger partial charge is 0.407 e. The van der Waals surface area contributed by atoms with Gasteiger partial charge in [-0.3, -0.25) is 4.79 Å². The van der Waals surface area contributed by atoms with Crippen LogP contribution < -0.4 is 10.9 Å². The van der Waals surface area contributed by atoms with Gasteiger partial charge in [0.25, 0.3) is 0 Å². The minimum absolute atomic E-state index is 0.151. The van der Waals surface area contributed by atoms with Crippen LogP contribution in [0.2, 0.25) is 0 Å². The number of alkyl carbamates (subject to hydrolysis) is 1. The van der Waals surface area contributed by atoms with Crippen LogP contribution in [-0.4, -0.2) is 77.8 Å². The molecule has 2 aliphatic heterocycles. The van der Waals surface area contributed by atoms with E-state index in [-0.39, 0.29) is 46.8 Å². The molecule has 0 radical (unpaired) electrons. The number of rotatable bonds is 6. The van der Waals surface area contributed by atoms with E-state index >= 15 is 0 Å². The SMILES string of the molecule is CC(=O)O[C@H]1[C@H]2O[C@]23[C@@H]2CC[C@]4(O)C[C@@H](OC(=O)NCCN5CCCC5)CC[C@]4(C)[C@H]2CC[C@]3(C)[C@H]1c1ccc(=O)oc1. The fourth-order valence-electron chi connectivity index (χ4n) is 10.7. The first kappa shape index (κ1) is 29.3. The highest BCUT2D eigenvalue weighted by Gasteiger charge is 2.85. The lowest BCUT2D eigenvalue weighted by molar-refractivity contribution is -0.224. The van der Waals surface area contributed by atoms with E-state index in [1.54, 1.807) is 6.07 Å². The van der Waals surface area contributed by atoms with Crippen molar-refractivity contribution in [3.8, 4) is 0 Å². The molecule has 0 unspecified atom stereocenters. The van der Waals surface area contributed by atoms with E-state index < -0.39 is 29.0 Å². The molecular weight excluding hydrogens is 552 g/mol. The first-order valence-electron chi connectivity index (χ1n) is 16.3. The van der Waals surface area contributed by atoms with Crippen molar-refractivity contribution in [2.45, 2.75) is 114 Å². The van der Waals surface area contributed by atoms with Crippen LogP contribution in [0.3, 0.4) is 0 Å². The maximum atomic E-state index is 12.6. The molecule has 6 aliphatic rings. The van der Waals surface area contributed by atoms with Gasteiger partial charge in [-0.25, -0.2) is 9.59 Å². The van der Waals surface area contributed by atoms with Gasteiger partial charge in [0, 0.05) is 43.8 Å². The molecule has 6 fully saturated rings. The molecule has 4 saturated carbocycles. The summed E-state index contributed by atoms with van der Waals surface area (Å²) in [6, 6.07) is 3.23. The Balaban J connectivity index is 1.08. The number of amides is 1. The second-order valence-corrected chi connectivity index (χ2v) is 14.7. The molecule has 4 aliphatic carbocycles. The molecular formula is C33H46N2O8. The van der Waals surface area contributed by atoms with Crippen LogP contribution >= 0.6 is 0 Å². The lowest BCUT2D eigenvalue weighted by Gasteiger charge is -2.64. The predicted molar refractivity (Wildman–Crippen MR) is 155 cm³/mol. The second kappa shape index (κ2) is 10.3. The van der Waals surface area contributed by atoms with Gasteiger partial charge in [-0.1, -0.05) is 13.8 Å². The van der Waals surface area contributed by atoms with Crippen molar-refractivity contribution >= 4 is 12.1 Å². The monoisotopic (exact) mass is 598 g/mol. The summed E-state index contributed by atoms with van der Waals surface area (Å²) in [4.78, 5) is 39.0. The molecule has 2 saturated heterocycles. The number of nitrogens with zero attached hydrogens (tertiary/aromatic N) is 1. The summed E-state index contributed by atoms with van der Waals surface area (Å²) >= 11 is 0. The normalized spacial score (nSPS) is 44.8. The zero-order chi connectivity index (χ0) is 30.2. The minimum atomic E-state index is -0.933. The number of likely N-dealkylation sites (tertiary alicyclic amines) is 1. The number of hydrogen-bond donors (Lipinski definition) is 2. The summed E-state index contributed by atoms with van der Waals surface area (Å²) in [5.74, 6) is -0.0703. The van der Waals surface area contributed by atoms with Gasteiger partial charge in [0.2, 0.25) is 0 Å². The summed E-state index contributed by atoms with van der Waals surface area (Å²) in [7, 11) is 0. The molecule has 1 aromatic heterocycles. The first-order valence-corrected chi connectivity index (χ1v) is 16.3. The van der Waals surface area contributed by atoms with Crippen molar-refractivity contribution in [1.29, 1.82) is 0 Å². The Bertz CT molecular complexity index is 1310. The molecule has 10 nitrogen and oxygen atoms in total. The van der Waals surface area contributed by atoms with E-state index in [0.29, 0.717) is 19.4 Å². The number of carbonyl (C=O) groups is 2. The molecule has 1 spiro atoms. The second-order valence-electron chi connectivity index (χ2n) is 14.7. The van der Waals surface area contributed by atoms with Gasteiger partial charge in [-0.2, -0.15) is 0 Å². The lowest BCUT2D eigenvalue weighted by atomic mass is 9.42. The fraction of sp³-hybridized carbons (Fsp3) is 0.788. The zero-order valence-electron chi connectivity index (χ0n) is 25.6. The largest absolute Gasteiger partial charge is 0.459 e. The molecule has 43 heavy (non-hydrogen) atoms. The van der Waals surface area contributed by atoms with Crippen molar-refractivity contribution in [2.24, 2.45) is 22.7 Å². The molecule has 1 amide bonds. The summed E-state index contributed by atoms with van der Waals surface area (Å²) in [6.07, 6.45) is 7.67. The number of fused-ring (bicyclic) bond motifs is 3. The van der Waals surface area contributed by atoms with E-state index in [2.05, 4.69) is 24.1 Å². The van der Waals surface area contributed by atoms with Gasteiger partial charge >= 0.3 is 17.7 Å². The summed E-state index contributed by atoms with van der Waals surface area (Å²) in [5.41, 5.74) is -1.62. The van der Waals surface area contributed by atoms with Crippen LogP contribution in [0.1, 0.15) is 90.0 Å². The number of aliphatic hydroxyl groups is 1. The number of nitrogens with one attached hydrogen (secondary N) is 1. The zero-order valence-corrected chi connectivity index (χ0v) is 25.6. The van der Waals surface area contributed by atoms with Gasteiger partial charge in [0.05, 0.1) is 11.9 Å². The van der Waals surface area contributed by atoms with Gasteiger partial charge in [-0.05, 0) is 93.3 Å². The van der Waals surface area contributed by atoms with Crippen molar-refractivity contribution in [2.75, 3.05) is 26.2 Å². The Morgan fingerprint density at radius 1 is 1.05 bits per heavy atom. The van der Waals surface area contributed by atoms with Crippen LogP contribution in [-0.2, 0) is 19.0 Å². The molecule has 236 valence electrons. The summed E-state index contributed by atoms with van der Waals surface area (Å²) in [6.45, 7) is 9.51. The average Bonchev–Trinajstić information content (AvgIpc) is 3.39. The third kappa shape index (κ3) is 4.41. The quantitative estimate of drug-likeness (QED) is 0.371. The number of ether oxygens (including phenoxy) is 3. The van der Waals surface area contributed by atoms with Gasteiger partial charge in [0.15, 0.2) is 0 Å². The van der Waals surface area contributed by atoms with Crippen LogP contribution in [0.25, 0.3) is 0 Å². The van der Waals surface area contributed by atoms with Gasteiger partial charge in [0.1, 0.15) is 23.9 Å². The van der Waals surface area contributed by atoms with Crippen molar-refractivity contribution in [3.63, 3.8) is 0 Å². The van der Waals surface area contributed by atoms with Crippen molar-refractivity contribution < 1.29 is 33.3 Å². The maximum absolute atomic E-state index is 12.6. The van der Waals surface area contributed by atoms with Crippen LogP contribution in [0, 0.1) is 22.7 Å². The highest BCUT2D eigenvalue weighted by Crippen LogP contribution is 2.78.